The summed E-state index contributed by atoms with van der Waals surface area (Å²) in [5, 5.41) is 13.1. The maximum Gasteiger partial charge on any atom is 0.320 e. The molecule has 0 amide bonds. The summed E-state index contributed by atoms with van der Waals surface area (Å²) in [5.74, 6) is 0.649. The quantitative estimate of drug-likeness (QED) is 0.661. The van der Waals surface area contributed by atoms with Crippen LogP contribution < -0.4 is 9.47 Å². The lowest BCUT2D eigenvalue weighted by atomic mass is 9.94. The van der Waals surface area contributed by atoms with Crippen LogP contribution in [-0.2, 0) is 4.79 Å². The molecule has 1 aromatic heterocycles. The molecule has 1 fully saturated rings. The smallest absolute Gasteiger partial charge is 0.320 e. The van der Waals surface area contributed by atoms with Crippen LogP contribution in [0.1, 0.15) is 30.0 Å². The third-order valence-electron chi connectivity index (χ3n) is 5.45. The van der Waals surface area contributed by atoms with Gasteiger partial charge in [0.05, 0.1) is 20.3 Å². The molecule has 5 nitrogen and oxygen atoms in total. The van der Waals surface area contributed by atoms with Crippen molar-refractivity contribution >= 4 is 27.4 Å². The zero-order chi connectivity index (χ0) is 19.7. The summed E-state index contributed by atoms with van der Waals surface area (Å²) in [4.78, 5) is 14.0. The number of carboxylic acids is 1. The molecule has 0 spiro atoms. The van der Waals surface area contributed by atoms with Gasteiger partial charge >= 0.3 is 5.97 Å². The SMILES string of the molecule is COc1ccc(C(c2csc3ccccc23)N2CCCC2C(=O)O)c(OC)c1. The van der Waals surface area contributed by atoms with Crippen LogP contribution in [0.15, 0.2) is 47.8 Å². The fraction of sp³-hybridized carbons (Fsp3) is 0.318. The maximum atomic E-state index is 11.9. The Balaban J connectivity index is 1.91. The first-order valence-corrected chi connectivity index (χ1v) is 10.2. The summed E-state index contributed by atoms with van der Waals surface area (Å²) in [5.41, 5.74) is 2.08. The van der Waals surface area contributed by atoms with Gasteiger partial charge in [-0.15, -0.1) is 11.3 Å². The molecule has 3 aromatic rings. The van der Waals surface area contributed by atoms with Crippen LogP contribution >= 0.6 is 11.3 Å². The molecule has 1 aliphatic heterocycles. The van der Waals surface area contributed by atoms with E-state index in [0.29, 0.717) is 17.9 Å². The first kappa shape index (κ1) is 18.8. The van der Waals surface area contributed by atoms with Crippen molar-refractivity contribution in [2.75, 3.05) is 20.8 Å². The van der Waals surface area contributed by atoms with Crippen molar-refractivity contribution in [1.29, 1.82) is 0 Å². The van der Waals surface area contributed by atoms with E-state index in [1.165, 1.54) is 4.70 Å². The van der Waals surface area contributed by atoms with E-state index in [0.717, 1.165) is 29.5 Å². The number of hydrogen-bond donors (Lipinski definition) is 1. The summed E-state index contributed by atoms with van der Waals surface area (Å²) in [7, 11) is 3.26. The van der Waals surface area contributed by atoms with E-state index >= 15 is 0 Å². The number of carboxylic acid groups (broad SMARTS) is 1. The van der Waals surface area contributed by atoms with Crippen molar-refractivity contribution in [2.24, 2.45) is 0 Å². The van der Waals surface area contributed by atoms with E-state index < -0.39 is 12.0 Å². The van der Waals surface area contributed by atoms with E-state index in [-0.39, 0.29) is 6.04 Å². The molecule has 1 saturated heterocycles. The molecule has 2 aromatic carbocycles. The first-order chi connectivity index (χ1) is 13.6. The summed E-state index contributed by atoms with van der Waals surface area (Å²) < 4.78 is 12.2. The molecule has 146 valence electrons. The molecular weight excluding hydrogens is 374 g/mol. The molecule has 2 atom stereocenters. The second-order valence-corrected chi connectivity index (χ2v) is 7.84. The number of methoxy groups -OCH3 is 2. The zero-order valence-electron chi connectivity index (χ0n) is 15.9. The van der Waals surface area contributed by atoms with Gasteiger partial charge in [0.1, 0.15) is 17.5 Å². The molecule has 0 saturated carbocycles. The molecule has 1 N–H and O–H groups in total. The Bertz CT molecular complexity index is 999. The summed E-state index contributed by atoms with van der Waals surface area (Å²) in [6.45, 7) is 0.737. The topological polar surface area (TPSA) is 59.0 Å². The molecule has 1 aliphatic rings. The minimum Gasteiger partial charge on any atom is -0.497 e. The second kappa shape index (κ2) is 7.81. The van der Waals surface area contributed by atoms with Gasteiger partial charge in [-0.1, -0.05) is 18.2 Å². The van der Waals surface area contributed by atoms with Crippen molar-refractivity contribution in [3.05, 3.63) is 59.0 Å². The van der Waals surface area contributed by atoms with Gasteiger partial charge in [0.2, 0.25) is 0 Å². The van der Waals surface area contributed by atoms with Crippen LogP contribution in [0.5, 0.6) is 11.5 Å². The molecule has 4 rings (SSSR count). The van der Waals surface area contributed by atoms with Crippen LogP contribution in [0.2, 0.25) is 0 Å². The van der Waals surface area contributed by atoms with Gasteiger partial charge in [-0.25, -0.2) is 0 Å². The van der Waals surface area contributed by atoms with Crippen molar-refractivity contribution in [2.45, 2.75) is 24.9 Å². The fourth-order valence-corrected chi connectivity index (χ4v) is 5.12. The van der Waals surface area contributed by atoms with E-state index in [1.807, 2.05) is 30.3 Å². The average Bonchev–Trinajstić information content (AvgIpc) is 3.36. The third-order valence-corrected chi connectivity index (χ3v) is 6.43. The van der Waals surface area contributed by atoms with E-state index in [9.17, 15) is 9.90 Å². The lowest BCUT2D eigenvalue weighted by Gasteiger charge is -2.32. The minimum absolute atomic E-state index is 0.194. The number of nitrogens with zero attached hydrogens (tertiary/aromatic N) is 1. The van der Waals surface area contributed by atoms with Crippen LogP contribution in [0, 0.1) is 0 Å². The molecule has 2 heterocycles. The summed E-state index contributed by atoms with van der Waals surface area (Å²) in [6, 6.07) is 13.3. The minimum atomic E-state index is -0.769. The van der Waals surface area contributed by atoms with Gasteiger partial charge in [-0.3, -0.25) is 9.69 Å². The fourth-order valence-electron chi connectivity index (χ4n) is 4.14. The predicted molar refractivity (Wildman–Crippen MR) is 111 cm³/mol. The van der Waals surface area contributed by atoms with E-state index in [1.54, 1.807) is 25.6 Å². The summed E-state index contributed by atoms with van der Waals surface area (Å²) in [6.07, 6.45) is 1.53. The van der Waals surface area contributed by atoms with E-state index in [2.05, 4.69) is 22.4 Å². The number of benzene rings is 2. The molecule has 6 heteroatoms. The number of aliphatic carboxylic acids is 1. The monoisotopic (exact) mass is 397 g/mol. The molecule has 0 radical (unpaired) electrons. The molecule has 28 heavy (non-hydrogen) atoms. The number of hydrogen-bond acceptors (Lipinski definition) is 5. The highest BCUT2D eigenvalue weighted by Crippen LogP contribution is 2.44. The Kier molecular flexibility index (Phi) is 5.24. The number of rotatable bonds is 6. The lowest BCUT2D eigenvalue weighted by Crippen LogP contribution is -2.39. The highest BCUT2D eigenvalue weighted by molar-refractivity contribution is 7.17. The highest BCUT2D eigenvalue weighted by atomic mass is 32.1. The number of fused-ring (bicyclic) bond motifs is 1. The second-order valence-electron chi connectivity index (χ2n) is 6.93. The standard InChI is InChI=1S/C22H23NO4S/c1-26-14-9-10-16(19(12-14)27-2)21(23-11-5-7-18(23)22(24)25)17-13-28-20-8-4-3-6-15(17)20/h3-4,6,8-10,12-13,18,21H,5,7,11H2,1-2H3,(H,24,25). The van der Waals surface area contributed by atoms with Crippen LogP contribution in [0.25, 0.3) is 10.1 Å². The van der Waals surface area contributed by atoms with Gasteiger partial charge in [-0.2, -0.15) is 0 Å². The van der Waals surface area contributed by atoms with Gasteiger partial charge in [-0.05, 0) is 47.4 Å². The molecular formula is C22H23NO4S. The third kappa shape index (κ3) is 3.23. The van der Waals surface area contributed by atoms with Gasteiger partial charge in [0, 0.05) is 22.9 Å². The number of carbonyl (C=O) groups is 1. The molecule has 2 unspecified atom stereocenters. The van der Waals surface area contributed by atoms with Crippen LogP contribution in [0.4, 0.5) is 0 Å². The number of thiophene rings is 1. The lowest BCUT2D eigenvalue weighted by molar-refractivity contribution is -0.142. The normalized spacial score (nSPS) is 18.3. The average molecular weight is 397 g/mol. The van der Waals surface area contributed by atoms with Gasteiger partial charge < -0.3 is 14.6 Å². The molecule has 0 bridgehead atoms. The Morgan fingerprint density at radius 2 is 2.00 bits per heavy atom. The maximum absolute atomic E-state index is 11.9. The summed E-state index contributed by atoms with van der Waals surface area (Å²) >= 11 is 1.69. The number of likely N-dealkylation sites (tertiary alicyclic amines) is 1. The highest BCUT2D eigenvalue weighted by Gasteiger charge is 2.38. The largest absolute Gasteiger partial charge is 0.497 e. The Morgan fingerprint density at radius 3 is 2.75 bits per heavy atom. The van der Waals surface area contributed by atoms with Crippen molar-refractivity contribution < 1.29 is 19.4 Å². The van der Waals surface area contributed by atoms with Gasteiger partial charge in [0.15, 0.2) is 0 Å². The Hall–Kier alpha value is -2.57. The Labute approximate surface area is 168 Å². The van der Waals surface area contributed by atoms with Crippen LogP contribution in [-0.4, -0.2) is 42.8 Å². The van der Waals surface area contributed by atoms with Crippen molar-refractivity contribution in [3.63, 3.8) is 0 Å². The van der Waals surface area contributed by atoms with Crippen molar-refractivity contribution in [3.8, 4) is 11.5 Å². The Morgan fingerprint density at radius 1 is 1.18 bits per heavy atom. The zero-order valence-corrected chi connectivity index (χ0v) is 16.7. The molecule has 0 aliphatic carbocycles. The van der Waals surface area contributed by atoms with Crippen molar-refractivity contribution in [1.82, 2.24) is 4.90 Å². The van der Waals surface area contributed by atoms with Gasteiger partial charge in [0.25, 0.3) is 0 Å². The first-order valence-electron chi connectivity index (χ1n) is 9.30. The number of ether oxygens (including phenoxy) is 2. The van der Waals surface area contributed by atoms with Crippen LogP contribution in [0.3, 0.4) is 0 Å². The van der Waals surface area contributed by atoms with E-state index in [4.69, 9.17) is 9.47 Å². The predicted octanol–water partition coefficient (Wildman–Crippen LogP) is 4.56.